The van der Waals surface area contributed by atoms with E-state index in [4.69, 9.17) is 17.0 Å². The van der Waals surface area contributed by atoms with Gasteiger partial charge >= 0.3 is 0 Å². The van der Waals surface area contributed by atoms with E-state index in [-0.39, 0.29) is 0 Å². The van der Waals surface area contributed by atoms with E-state index in [2.05, 4.69) is 40.5 Å². The Hall–Kier alpha value is -3.90. The van der Waals surface area contributed by atoms with Crippen molar-refractivity contribution in [2.75, 3.05) is 0 Å². The largest absolute Gasteiger partial charge is 0.456 e. The molecule has 0 radical (unpaired) electrons. The van der Waals surface area contributed by atoms with Gasteiger partial charge in [-0.25, -0.2) is 4.68 Å². The number of benzene rings is 3. The van der Waals surface area contributed by atoms with Gasteiger partial charge in [-0.05, 0) is 41.0 Å². The quantitative estimate of drug-likeness (QED) is 0.249. The zero-order valence-corrected chi connectivity index (χ0v) is 17.3. The number of allylic oxidation sites excluding steroid dienone is 1. The molecule has 3 aliphatic rings. The third kappa shape index (κ3) is 3.00. The zero-order chi connectivity index (χ0) is 20.8. The highest BCUT2D eigenvalue weighted by Gasteiger charge is 2.20. The van der Waals surface area contributed by atoms with Crippen LogP contribution in [0.3, 0.4) is 0 Å². The van der Waals surface area contributed by atoms with Gasteiger partial charge in [0.05, 0.1) is 11.8 Å². The minimum absolute atomic E-state index is 0.782. The van der Waals surface area contributed by atoms with Crippen LogP contribution >= 0.6 is 12.6 Å². The Balaban J connectivity index is 1.72. The third-order valence-electron chi connectivity index (χ3n) is 5.40. The van der Waals surface area contributed by atoms with Crippen molar-refractivity contribution in [2.45, 2.75) is 4.90 Å². The highest BCUT2D eigenvalue weighted by molar-refractivity contribution is 7.80. The maximum absolute atomic E-state index is 6.42. The van der Waals surface area contributed by atoms with Crippen LogP contribution in [0.2, 0.25) is 0 Å². The molecule has 31 heavy (non-hydrogen) atoms. The summed E-state index contributed by atoms with van der Waals surface area (Å²) in [6, 6.07) is 22.4. The maximum Gasteiger partial charge on any atom is 0.241 e. The van der Waals surface area contributed by atoms with Gasteiger partial charge in [0.25, 0.3) is 0 Å². The molecule has 6 rings (SSSR count). The van der Waals surface area contributed by atoms with Crippen LogP contribution in [0, 0.1) is 0 Å². The summed E-state index contributed by atoms with van der Waals surface area (Å²) in [5, 5.41) is 10.7. The van der Waals surface area contributed by atoms with E-state index in [0.29, 0.717) is 0 Å². The van der Waals surface area contributed by atoms with E-state index in [1.54, 1.807) is 12.4 Å². The van der Waals surface area contributed by atoms with E-state index >= 15 is 0 Å². The molecule has 0 bridgehead atoms. The second kappa shape index (κ2) is 7.11. The summed E-state index contributed by atoms with van der Waals surface area (Å²) in [6.07, 6.45) is 9.27. The summed E-state index contributed by atoms with van der Waals surface area (Å²) < 4.78 is 10.1. The smallest absolute Gasteiger partial charge is 0.241 e. The van der Waals surface area contributed by atoms with E-state index < -0.39 is 0 Å². The van der Waals surface area contributed by atoms with Gasteiger partial charge in [0, 0.05) is 52.0 Å². The summed E-state index contributed by atoms with van der Waals surface area (Å²) in [6.45, 7) is 0. The molecule has 6 heteroatoms. The van der Waals surface area contributed by atoms with Crippen LogP contribution in [-0.2, 0) is 0 Å². The number of thiol groups is 1. The van der Waals surface area contributed by atoms with Crippen molar-refractivity contribution in [1.82, 2.24) is 14.5 Å². The molecule has 2 aliphatic heterocycles. The van der Waals surface area contributed by atoms with Crippen LogP contribution in [0.4, 0.5) is 0 Å². The number of aromatic nitrogens is 2. The van der Waals surface area contributed by atoms with Crippen LogP contribution in [0.15, 0.2) is 106 Å². The predicted octanol–water partition coefficient (Wildman–Crippen LogP) is 4.96. The van der Waals surface area contributed by atoms with Crippen LogP contribution in [0.1, 0.15) is 0 Å². The van der Waals surface area contributed by atoms with Gasteiger partial charge in [0.1, 0.15) is 17.6 Å². The van der Waals surface area contributed by atoms with Crippen LogP contribution in [-0.4, -0.2) is 16.0 Å². The average Bonchev–Trinajstić information content (AvgIpc) is 3.52. The molecule has 3 aromatic rings. The average molecular weight is 422 g/mol. The maximum atomic E-state index is 6.42. The molecule has 0 atom stereocenters. The fourth-order valence-corrected chi connectivity index (χ4v) is 4.24. The van der Waals surface area contributed by atoms with Crippen LogP contribution < -0.4 is 10.0 Å². The van der Waals surface area contributed by atoms with Gasteiger partial charge in [-0.1, -0.05) is 22.9 Å². The molecule has 1 aromatic heterocycles. The van der Waals surface area contributed by atoms with E-state index in [1.807, 2.05) is 64.2 Å². The minimum Gasteiger partial charge on any atom is -0.456 e. The van der Waals surface area contributed by atoms with Crippen molar-refractivity contribution < 1.29 is 4.42 Å². The first-order valence-corrected chi connectivity index (χ1v) is 10.3. The summed E-state index contributed by atoms with van der Waals surface area (Å²) in [7, 11) is 0. The Kier molecular flexibility index (Phi) is 4.11. The standard InChI is InChI=1S/C25H16N4OS/c31-24-6-2-1-5-21(24)25-19-9-7-17(28-13-3-11-26-28)15-22(19)30-23-16-18(8-10-20(23)25)29-14-4-12-27-29/h1-16H/p+1. The van der Waals surface area contributed by atoms with Crippen LogP contribution in [0.5, 0.6) is 0 Å². The molecule has 3 heterocycles. The van der Waals surface area contributed by atoms with Gasteiger partial charge in [-0.2, -0.15) is 5.10 Å². The Morgan fingerprint density at radius 3 is 2.68 bits per heavy atom. The molecule has 1 aliphatic carbocycles. The van der Waals surface area contributed by atoms with Crippen molar-refractivity contribution in [3.8, 4) is 28.1 Å². The SMILES string of the molecule is Sc1ccccc1-c1c2cc/c(=[N+]3/C=CC=N3)cc-2oc2cc(-n3cccn3)ccc12. The molecule has 148 valence electrons. The predicted molar refractivity (Wildman–Crippen MR) is 126 cm³/mol. The Labute approximate surface area is 183 Å². The summed E-state index contributed by atoms with van der Waals surface area (Å²) in [5.74, 6) is 0.782. The van der Waals surface area contributed by atoms with Gasteiger partial charge in [0.15, 0.2) is 0 Å². The van der Waals surface area contributed by atoms with E-state index in [1.165, 1.54) is 0 Å². The topological polar surface area (TPSA) is 46.3 Å². The number of nitrogens with zero attached hydrogens (tertiary/aromatic N) is 4. The van der Waals surface area contributed by atoms with Crippen LogP contribution in [0.25, 0.3) is 39.1 Å². The van der Waals surface area contributed by atoms with Gasteiger partial charge in [0.2, 0.25) is 11.6 Å². The number of rotatable bonds is 2. The molecule has 0 saturated heterocycles. The molecule has 0 saturated carbocycles. The van der Waals surface area contributed by atoms with Crippen molar-refractivity contribution in [3.05, 3.63) is 96.8 Å². The highest BCUT2D eigenvalue weighted by Crippen LogP contribution is 2.42. The first kappa shape index (κ1) is 17.9. The molecule has 0 amide bonds. The van der Waals surface area contributed by atoms with E-state index in [0.717, 1.165) is 49.4 Å². The normalized spacial score (nSPS) is 14.7. The first-order valence-electron chi connectivity index (χ1n) is 9.90. The second-order valence-corrected chi connectivity index (χ2v) is 7.74. The van der Waals surface area contributed by atoms with Gasteiger partial charge in [-0.15, -0.1) is 12.6 Å². The lowest BCUT2D eigenvalue weighted by atomic mass is 9.93. The zero-order valence-electron chi connectivity index (χ0n) is 16.4. The van der Waals surface area contributed by atoms with Gasteiger partial charge < -0.3 is 4.42 Å². The number of hydrazone groups is 1. The monoisotopic (exact) mass is 421 g/mol. The number of hydrogen-bond donors (Lipinski definition) is 1. The van der Waals surface area contributed by atoms with Crippen molar-refractivity contribution >= 4 is 29.8 Å². The fraction of sp³-hybridized carbons (Fsp3) is 0. The van der Waals surface area contributed by atoms with Crippen molar-refractivity contribution in [1.29, 1.82) is 0 Å². The van der Waals surface area contributed by atoms with Crippen molar-refractivity contribution in [3.63, 3.8) is 0 Å². The lowest BCUT2D eigenvalue weighted by Crippen LogP contribution is -2.18. The Morgan fingerprint density at radius 2 is 1.87 bits per heavy atom. The third-order valence-corrected chi connectivity index (χ3v) is 5.79. The first-order chi connectivity index (χ1) is 15.3. The molecular formula is C25H17N4OS+. The molecule has 2 aromatic carbocycles. The molecule has 0 N–H and O–H groups in total. The molecule has 5 nitrogen and oxygen atoms in total. The summed E-state index contributed by atoms with van der Waals surface area (Å²) in [4.78, 5) is 0.920. The lowest BCUT2D eigenvalue weighted by molar-refractivity contribution is 0.616. The second-order valence-electron chi connectivity index (χ2n) is 7.26. The van der Waals surface area contributed by atoms with Crippen molar-refractivity contribution in [2.24, 2.45) is 5.10 Å². The highest BCUT2D eigenvalue weighted by atomic mass is 32.1. The fourth-order valence-electron chi connectivity index (χ4n) is 3.97. The van der Waals surface area contributed by atoms with E-state index in [9.17, 15) is 0 Å². The Morgan fingerprint density at radius 1 is 0.935 bits per heavy atom. The summed E-state index contributed by atoms with van der Waals surface area (Å²) >= 11 is 4.74. The molecule has 0 spiro atoms. The number of fused-ring (bicyclic) bond motifs is 2. The molecule has 0 unspecified atom stereocenters. The Bertz CT molecular complexity index is 1530. The molecule has 0 fully saturated rings. The minimum atomic E-state index is 0.782. The van der Waals surface area contributed by atoms with Gasteiger partial charge in [-0.3, -0.25) is 0 Å². The lowest BCUT2D eigenvalue weighted by Gasteiger charge is -2.16. The number of hydrogen-bond acceptors (Lipinski definition) is 4. The summed E-state index contributed by atoms with van der Waals surface area (Å²) in [5.41, 5.74) is 4.91. The molecular weight excluding hydrogens is 404 g/mol.